The van der Waals surface area contributed by atoms with E-state index in [0.29, 0.717) is 45.8 Å². The van der Waals surface area contributed by atoms with Crippen LogP contribution in [0.1, 0.15) is 20.7 Å². The van der Waals surface area contributed by atoms with Gasteiger partial charge in [-0.05, 0) is 42.7 Å². The molecule has 1 aliphatic heterocycles. The van der Waals surface area contributed by atoms with Crippen molar-refractivity contribution in [1.82, 2.24) is 10.6 Å². The summed E-state index contributed by atoms with van der Waals surface area (Å²) in [7, 11) is 5.76. The lowest BCUT2D eigenvalue weighted by atomic mass is 10.1. The van der Waals surface area contributed by atoms with Crippen LogP contribution in [-0.4, -0.2) is 81.7 Å². The Kier molecular flexibility index (Phi) is 8.89. The van der Waals surface area contributed by atoms with Gasteiger partial charge in [-0.25, -0.2) is 4.90 Å². The first-order valence-corrected chi connectivity index (χ1v) is 12.8. The Hall–Kier alpha value is -3.63. The molecule has 3 N–H and O–H groups in total. The largest absolute Gasteiger partial charge is 0.379 e. The summed E-state index contributed by atoms with van der Waals surface area (Å²) in [5, 5.41) is 8.91. The summed E-state index contributed by atoms with van der Waals surface area (Å²) in [5.41, 5.74) is 2.27. The van der Waals surface area contributed by atoms with Crippen molar-refractivity contribution in [3.63, 3.8) is 0 Å². The summed E-state index contributed by atoms with van der Waals surface area (Å²) >= 11 is 1.23. The van der Waals surface area contributed by atoms with E-state index in [1.54, 1.807) is 43.6 Å². The Balaban J connectivity index is 1.47. The molecule has 0 radical (unpaired) electrons. The van der Waals surface area contributed by atoms with E-state index in [1.165, 1.54) is 17.8 Å². The maximum absolute atomic E-state index is 12.6. The molecule has 0 atom stereocenters. The number of carbonyl (C=O) groups is 4. The van der Waals surface area contributed by atoms with Gasteiger partial charge in [0.2, 0.25) is 0 Å². The smallest absolute Gasteiger partial charge is 0.271 e. The van der Waals surface area contributed by atoms with E-state index in [2.05, 4.69) is 30.0 Å². The van der Waals surface area contributed by atoms with Gasteiger partial charge in [0.25, 0.3) is 23.6 Å². The van der Waals surface area contributed by atoms with E-state index in [-0.39, 0.29) is 23.6 Å². The predicted molar refractivity (Wildman–Crippen MR) is 143 cm³/mol. The molecule has 36 heavy (non-hydrogen) atoms. The van der Waals surface area contributed by atoms with Gasteiger partial charge >= 0.3 is 0 Å². The molecule has 0 saturated carbocycles. The van der Waals surface area contributed by atoms with Crippen LogP contribution in [0.5, 0.6) is 0 Å². The molecule has 0 spiro atoms. The molecule has 3 rings (SSSR count). The third kappa shape index (κ3) is 6.52. The fraction of sp³-hybridized carbons (Fsp3) is 0.308. The average Bonchev–Trinajstić information content (AvgIpc) is 3.16. The van der Waals surface area contributed by atoms with E-state index < -0.39 is 0 Å². The minimum Gasteiger partial charge on any atom is -0.379 e. The lowest BCUT2D eigenvalue weighted by Crippen LogP contribution is -2.47. The lowest BCUT2D eigenvalue weighted by molar-refractivity contribution is -0.887. The van der Waals surface area contributed by atoms with E-state index in [4.69, 9.17) is 0 Å². The van der Waals surface area contributed by atoms with Gasteiger partial charge in [0.1, 0.15) is 0 Å². The van der Waals surface area contributed by atoms with Gasteiger partial charge in [-0.3, -0.25) is 19.2 Å². The molecule has 1 aliphatic rings. The highest BCUT2D eigenvalue weighted by Crippen LogP contribution is 2.27. The number of hydrogen-bond acceptors (Lipinski definition) is 6. The number of para-hydroxylation sites is 1. The SMILES string of the molecule is CNC(=O)c1ccccc1NCC[N+](C)(C)CCNC(=O)c1ccc(N2C(=O)C=C(SC)C2=O)cc1. The first-order chi connectivity index (χ1) is 17.2. The molecule has 190 valence electrons. The third-order valence-corrected chi connectivity index (χ3v) is 6.66. The Bertz CT molecular complexity index is 1180. The van der Waals surface area contributed by atoms with Gasteiger partial charge in [-0.2, -0.15) is 0 Å². The minimum atomic E-state index is -0.381. The molecule has 0 aromatic heterocycles. The molecular weight excluding hydrogens is 478 g/mol. The molecule has 0 bridgehead atoms. The van der Waals surface area contributed by atoms with Crippen molar-refractivity contribution >= 4 is 46.8 Å². The van der Waals surface area contributed by atoms with Crippen molar-refractivity contribution in [3.05, 3.63) is 70.6 Å². The summed E-state index contributed by atoms with van der Waals surface area (Å²) in [6.07, 6.45) is 3.07. The molecule has 10 heteroatoms. The number of imide groups is 1. The van der Waals surface area contributed by atoms with Crippen LogP contribution in [0.15, 0.2) is 59.5 Å². The summed E-state index contributed by atoms with van der Waals surface area (Å²) in [6.45, 7) is 2.64. The third-order valence-electron chi connectivity index (χ3n) is 5.93. The predicted octanol–water partition coefficient (Wildman–Crippen LogP) is 2.08. The van der Waals surface area contributed by atoms with Crippen LogP contribution in [-0.2, 0) is 9.59 Å². The summed E-state index contributed by atoms with van der Waals surface area (Å²) in [6, 6.07) is 13.8. The second-order valence-corrected chi connectivity index (χ2v) is 9.78. The first-order valence-electron chi connectivity index (χ1n) is 11.6. The van der Waals surface area contributed by atoms with Gasteiger partial charge in [-0.15, -0.1) is 11.8 Å². The fourth-order valence-corrected chi connectivity index (χ4v) is 4.24. The zero-order valence-electron chi connectivity index (χ0n) is 21.0. The second-order valence-electron chi connectivity index (χ2n) is 8.93. The average molecular weight is 511 g/mol. The minimum absolute atomic E-state index is 0.136. The van der Waals surface area contributed by atoms with Crippen LogP contribution in [0.25, 0.3) is 0 Å². The van der Waals surface area contributed by atoms with Gasteiger partial charge in [-0.1, -0.05) is 12.1 Å². The Morgan fingerprint density at radius 3 is 2.25 bits per heavy atom. The Labute approximate surface area is 215 Å². The van der Waals surface area contributed by atoms with Crippen molar-refractivity contribution < 1.29 is 23.7 Å². The highest BCUT2D eigenvalue weighted by Gasteiger charge is 2.31. The zero-order valence-corrected chi connectivity index (χ0v) is 21.8. The van der Waals surface area contributed by atoms with E-state index in [1.807, 2.05) is 18.2 Å². The van der Waals surface area contributed by atoms with Gasteiger partial charge in [0.05, 0.1) is 56.4 Å². The maximum Gasteiger partial charge on any atom is 0.271 e. The van der Waals surface area contributed by atoms with Crippen molar-refractivity contribution in [2.75, 3.05) is 63.8 Å². The molecule has 9 nitrogen and oxygen atoms in total. The van der Waals surface area contributed by atoms with Crippen LogP contribution in [0.4, 0.5) is 11.4 Å². The number of nitrogens with zero attached hydrogens (tertiary/aromatic N) is 2. The van der Waals surface area contributed by atoms with Crippen molar-refractivity contribution in [3.8, 4) is 0 Å². The van der Waals surface area contributed by atoms with Gasteiger partial charge in [0, 0.05) is 24.4 Å². The maximum atomic E-state index is 12.6. The first kappa shape index (κ1) is 27.0. The molecular formula is C26H32N5O4S+. The number of thioether (sulfide) groups is 1. The zero-order chi connectivity index (χ0) is 26.3. The molecule has 0 unspecified atom stereocenters. The summed E-state index contributed by atoms with van der Waals surface area (Å²) in [4.78, 5) is 50.6. The molecule has 2 aromatic carbocycles. The topological polar surface area (TPSA) is 108 Å². The van der Waals surface area contributed by atoms with Crippen molar-refractivity contribution in [1.29, 1.82) is 0 Å². The van der Waals surface area contributed by atoms with Crippen LogP contribution in [0.3, 0.4) is 0 Å². The normalized spacial score (nSPS) is 13.4. The van der Waals surface area contributed by atoms with E-state index >= 15 is 0 Å². The molecule has 0 aliphatic carbocycles. The molecule has 0 fully saturated rings. The van der Waals surface area contributed by atoms with Crippen molar-refractivity contribution in [2.24, 2.45) is 0 Å². The number of nitrogens with one attached hydrogen (secondary N) is 3. The Morgan fingerprint density at radius 1 is 0.944 bits per heavy atom. The van der Waals surface area contributed by atoms with Crippen LogP contribution >= 0.6 is 11.8 Å². The monoisotopic (exact) mass is 510 g/mol. The molecule has 1 heterocycles. The summed E-state index contributed by atoms with van der Waals surface area (Å²) < 4.78 is 0.665. The van der Waals surface area contributed by atoms with E-state index in [9.17, 15) is 19.2 Å². The molecule has 0 saturated heterocycles. The highest BCUT2D eigenvalue weighted by atomic mass is 32.2. The fourth-order valence-electron chi connectivity index (χ4n) is 3.75. The second kappa shape index (κ2) is 11.9. The summed E-state index contributed by atoms with van der Waals surface area (Å²) in [5.74, 6) is -1.09. The number of amides is 4. The highest BCUT2D eigenvalue weighted by molar-refractivity contribution is 8.03. The number of likely N-dealkylation sites (N-methyl/N-ethyl adjacent to an activating group) is 1. The molecule has 2 aromatic rings. The van der Waals surface area contributed by atoms with Crippen LogP contribution < -0.4 is 20.9 Å². The standard InChI is InChI=1S/C26H31N5O4S/c1-27-25(34)20-7-5-6-8-21(20)28-13-15-31(2,3)16-14-29-24(33)18-9-11-19(12-10-18)30-23(32)17-22(36-4)26(30)35/h5-12,17H,13-16H2,1-4H3,(H2-,27,28,29,33,34)/p+1. The van der Waals surface area contributed by atoms with Gasteiger partial charge < -0.3 is 20.4 Å². The quantitative estimate of drug-likeness (QED) is 0.316. The van der Waals surface area contributed by atoms with Crippen LogP contribution in [0.2, 0.25) is 0 Å². The number of quaternary nitrogens is 1. The molecule has 4 amide bonds. The van der Waals surface area contributed by atoms with E-state index in [0.717, 1.165) is 17.1 Å². The van der Waals surface area contributed by atoms with Gasteiger partial charge in [0.15, 0.2) is 0 Å². The number of rotatable bonds is 11. The number of benzene rings is 2. The number of hydrogen-bond donors (Lipinski definition) is 3. The van der Waals surface area contributed by atoms with Crippen LogP contribution in [0, 0.1) is 0 Å². The Morgan fingerprint density at radius 2 is 1.61 bits per heavy atom. The number of carbonyl (C=O) groups excluding carboxylic acids is 4. The number of anilines is 2. The lowest BCUT2D eigenvalue weighted by Gasteiger charge is -2.30. The van der Waals surface area contributed by atoms with Crippen molar-refractivity contribution in [2.45, 2.75) is 0 Å².